The number of hydrogen-bond acceptors (Lipinski definition) is 15. The Morgan fingerprint density at radius 1 is 0.954 bits per heavy atom. The van der Waals surface area contributed by atoms with E-state index in [-0.39, 0.29) is 91.3 Å². The molecule has 2 aromatic carbocycles. The van der Waals surface area contributed by atoms with Gasteiger partial charge in [0.2, 0.25) is 17.7 Å². The molecule has 7 rings (SSSR count). The van der Waals surface area contributed by atoms with Gasteiger partial charge in [0.15, 0.2) is 17.6 Å². The monoisotopic (exact) mass is 903 g/mol. The van der Waals surface area contributed by atoms with E-state index in [1.54, 1.807) is 36.4 Å². The van der Waals surface area contributed by atoms with Crippen LogP contribution in [-0.2, 0) is 19.1 Å². The first-order valence-electron chi connectivity index (χ1n) is 19.9. The fraction of sp³-hybridized carbons (Fsp3) is 0.293. The van der Waals surface area contributed by atoms with Gasteiger partial charge < -0.3 is 46.0 Å². The van der Waals surface area contributed by atoms with Crippen LogP contribution < -0.4 is 32.3 Å². The number of nitrogens with zero attached hydrogens (tertiary/aromatic N) is 5. The topological polar surface area (TPSA) is 287 Å². The maximum atomic E-state index is 13.1. The van der Waals surface area contributed by atoms with Crippen LogP contribution in [0.4, 0.5) is 30.4 Å². The summed E-state index contributed by atoms with van der Waals surface area (Å²) in [6, 6.07) is 12.9. The number of aliphatic hydroxyl groups excluding tert-OH is 1. The minimum absolute atomic E-state index is 0.0584. The number of carbonyl (C=O) groups is 6. The molecule has 2 unspecified atom stereocenters. The number of alkyl halides is 3. The van der Waals surface area contributed by atoms with Crippen molar-refractivity contribution in [2.24, 2.45) is 5.73 Å². The van der Waals surface area contributed by atoms with E-state index in [0.29, 0.717) is 23.5 Å². The van der Waals surface area contributed by atoms with Crippen LogP contribution in [0, 0.1) is 0 Å². The number of piperidine rings is 1. The number of amides is 6. The number of imide groups is 1. The highest BCUT2D eigenvalue weighted by Gasteiger charge is 2.45. The second kappa shape index (κ2) is 19.8. The Labute approximate surface area is 365 Å². The van der Waals surface area contributed by atoms with E-state index in [1.165, 1.54) is 35.3 Å². The number of pyridine rings is 1. The number of aromatic nitrogens is 4. The van der Waals surface area contributed by atoms with Crippen molar-refractivity contribution in [3.63, 3.8) is 0 Å². The van der Waals surface area contributed by atoms with Crippen LogP contribution in [0.15, 0.2) is 77.7 Å². The van der Waals surface area contributed by atoms with Crippen molar-refractivity contribution in [3.05, 3.63) is 101 Å². The summed E-state index contributed by atoms with van der Waals surface area (Å²) in [6.45, 7) is 0.0334. The van der Waals surface area contributed by atoms with E-state index in [4.69, 9.17) is 19.6 Å². The summed E-state index contributed by atoms with van der Waals surface area (Å²) in [5.74, 6) is -3.97. The van der Waals surface area contributed by atoms with Gasteiger partial charge in [-0.2, -0.15) is 18.3 Å². The number of benzene rings is 2. The Morgan fingerprint density at radius 3 is 2.48 bits per heavy atom. The van der Waals surface area contributed by atoms with E-state index in [2.05, 4.69) is 41.7 Å². The van der Waals surface area contributed by atoms with Crippen LogP contribution in [0.1, 0.15) is 66.3 Å². The van der Waals surface area contributed by atoms with E-state index in [1.807, 2.05) is 0 Å². The Morgan fingerprint density at radius 2 is 1.72 bits per heavy atom. The molecule has 2 aliphatic heterocycles. The van der Waals surface area contributed by atoms with E-state index < -0.39 is 60.4 Å². The zero-order chi connectivity index (χ0) is 46.3. The highest BCUT2D eigenvalue weighted by molar-refractivity contribution is 6.08. The van der Waals surface area contributed by atoms with Gasteiger partial charge in [0.25, 0.3) is 23.6 Å². The van der Waals surface area contributed by atoms with Gasteiger partial charge in [-0.15, -0.1) is 0 Å². The highest BCUT2D eigenvalue weighted by atomic mass is 19.4. The van der Waals surface area contributed by atoms with E-state index >= 15 is 0 Å². The Hall–Kier alpha value is -7.70. The third-order valence-electron chi connectivity index (χ3n) is 9.89. The Bertz CT molecular complexity index is 2620. The number of anilines is 3. The molecule has 0 radical (unpaired) electrons. The molecule has 65 heavy (non-hydrogen) atoms. The molecule has 0 bridgehead atoms. The number of nitrogens with two attached hydrogens (primary N) is 1. The number of ether oxygens (including phenoxy) is 2. The van der Waals surface area contributed by atoms with Crippen molar-refractivity contribution < 1.29 is 60.9 Å². The Balaban J connectivity index is 0.837. The van der Waals surface area contributed by atoms with Crippen LogP contribution in [0.25, 0.3) is 17.1 Å². The number of fused-ring (bicyclic) bond motifs is 1. The lowest BCUT2D eigenvalue weighted by Gasteiger charge is -2.32. The summed E-state index contributed by atoms with van der Waals surface area (Å²) < 4.78 is 55.7. The average molecular weight is 904 g/mol. The van der Waals surface area contributed by atoms with Crippen LogP contribution in [0.3, 0.4) is 0 Å². The molecule has 6 amide bonds. The normalized spacial score (nSPS) is 15.9. The summed E-state index contributed by atoms with van der Waals surface area (Å²) in [4.78, 5) is 84.5. The summed E-state index contributed by atoms with van der Waals surface area (Å²) in [5.41, 5.74) is 6.83. The second-order valence-electron chi connectivity index (χ2n) is 14.4. The third-order valence-corrected chi connectivity index (χ3v) is 9.89. The molecule has 3 aromatic heterocycles. The van der Waals surface area contributed by atoms with Gasteiger partial charge in [0.1, 0.15) is 24.7 Å². The van der Waals surface area contributed by atoms with Crippen molar-refractivity contribution in [1.29, 1.82) is 0 Å². The third kappa shape index (κ3) is 10.9. The number of carbonyl (C=O) groups excluding carboxylic acids is 6. The molecule has 24 heteroatoms. The number of halogens is 3. The van der Waals surface area contributed by atoms with Crippen LogP contribution in [-0.4, -0.2) is 123 Å². The minimum atomic E-state index is -4.47. The summed E-state index contributed by atoms with van der Waals surface area (Å²) in [5, 5.41) is 28.0. The lowest BCUT2D eigenvalue weighted by atomic mass is 10.0. The molecule has 1 saturated heterocycles. The predicted molar refractivity (Wildman–Crippen MR) is 221 cm³/mol. The van der Waals surface area contributed by atoms with Crippen molar-refractivity contribution in [1.82, 2.24) is 35.3 Å². The summed E-state index contributed by atoms with van der Waals surface area (Å²) >= 11 is 0. The van der Waals surface area contributed by atoms with Crippen molar-refractivity contribution in [2.75, 3.05) is 62.0 Å². The lowest BCUT2D eigenvalue weighted by Crippen LogP contribution is -2.53. The smallest absolute Gasteiger partial charge is 0.405 e. The predicted octanol–water partition coefficient (Wildman–Crippen LogP) is 2.37. The first kappa shape index (κ1) is 45.3. The molecule has 340 valence electrons. The van der Waals surface area contributed by atoms with Gasteiger partial charge in [0, 0.05) is 53.6 Å². The first-order chi connectivity index (χ1) is 31.2. The molecule has 2 atom stereocenters. The molecule has 2 aliphatic rings. The van der Waals surface area contributed by atoms with Gasteiger partial charge >= 0.3 is 6.18 Å². The van der Waals surface area contributed by atoms with E-state index in [9.17, 15) is 47.0 Å². The SMILES string of the molecule is NC(=O)c1nn(-c2cccc(C(=O)NCCOCCOCCNc3cccc4c3C(O)N(C3CCC(=O)NC3=O)C4=O)c2)cc1NC(=O)c1coc(-c2ccnc(NCC(F)(F)F)c2)n1. The van der Waals surface area contributed by atoms with Crippen LogP contribution in [0.5, 0.6) is 0 Å². The molecule has 0 saturated carbocycles. The molecule has 1 fully saturated rings. The van der Waals surface area contributed by atoms with Gasteiger partial charge in [0.05, 0.1) is 44.0 Å². The van der Waals surface area contributed by atoms with Crippen molar-refractivity contribution >= 4 is 52.6 Å². The van der Waals surface area contributed by atoms with Gasteiger partial charge in [-0.25, -0.2) is 14.6 Å². The second-order valence-corrected chi connectivity index (χ2v) is 14.4. The van der Waals surface area contributed by atoms with Gasteiger partial charge in [-0.3, -0.25) is 39.0 Å². The van der Waals surface area contributed by atoms with E-state index in [0.717, 1.165) is 11.2 Å². The maximum absolute atomic E-state index is 13.1. The molecular weight excluding hydrogens is 864 g/mol. The van der Waals surface area contributed by atoms with Gasteiger partial charge in [-0.05, 0) is 48.9 Å². The maximum Gasteiger partial charge on any atom is 0.405 e. The largest absolute Gasteiger partial charge is 0.444 e. The molecule has 21 nitrogen and oxygen atoms in total. The first-order valence-corrected chi connectivity index (χ1v) is 19.9. The standard InChI is InChI=1S/C41H40F3N11O10/c42-41(43,44)21-49-30-18-23(9-10-47-30)38-51-28(20-65-38)36(59)50-27-19-54(53-33(27)34(45)57)24-4-1-3-22(17-24)35(58)48-12-14-64-16-15-63-13-11-46-26-6-2-5-25-32(26)40(62)55(39(25)61)29-7-8-31(56)52-37(29)60/h1-6,9-10,17-20,29,40,46,62H,7-8,11-16,21H2,(H2,45,57)(H,47,49)(H,48,58)(H,50,59)(H,52,56,60). The summed E-state index contributed by atoms with van der Waals surface area (Å²) in [7, 11) is 0. The summed E-state index contributed by atoms with van der Waals surface area (Å²) in [6.07, 6.45) is -2.11. The molecule has 0 aliphatic carbocycles. The number of rotatable bonds is 19. The minimum Gasteiger partial charge on any atom is -0.444 e. The number of primary amides is 1. The van der Waals surface area contributed by atoms with Crippen molar-refractivity contribution in [3.8, 4) is 17.1 Å². The fourth-order valence-corrected chi connectivity index (χ4v) is 6.87. The average Bonchev–Trinajstić information content (AvgIpc) is 4.01. The Kier molecular flexibility index (Phi) is 13.8. The number of hydrogen-bond donors (Lipinski definition) is 7. The van der Waals surface area contributed by atoms with Crippen molar-refractivity contribution in [2.45, 2.75) is 31.3 Å². The zero-order valence-corrected chi connectivity index (χ0v) is 34.0. The molecule has 5 heterocycles. The molecule has 0 spiro atoms. The number of oxazole rings is 1. The molecular formula is C41H40F3N11O10. The van der Waals surface area contributed by atoms with Gasteiger partial charge in [-0.1, -0.05) is 12.1 Å². The molecule has 8 N–H and O–H groups in total. The lowest BCUT2D eigenvalue weighted by molar-refractivity contribution is -0.139. The quantitative estimate of drug-likeness (QED) is 0.0463. The molecule has 5 aromatic rings. The number of aliphatic hydroxyl groups is 1. The van der Waals surface area contributed by atoms with Crippen LogP contribution >= 0.6 is 0 Å². The number of nitrogens with one attached hydrogen (secondary N) is 5. The van der Waals surface area contributed by atoms with Crippen LogP contribution in [0.2, 0.25) is 0 Å². The highest BCUT2D eigenvalue weighted by Crippen LogP contribution is 2.39. The zero-order valence-electron chi connectivity index (χ0n) is 34.0. The fourth-order valence-electron chi connectivity index (χ4n) is 6.87.